The fraction of sp³-hybridized carbons (Fsp3) is 0.294. The number of aromatic nitrogens is 3. The molecule has 0 saturated carbocycles. The summed E-state index contributed by atoms with van der Waals surface area (Å²) in [6, 6.07) is 7.28. The average Bonchev–Trinajstić information content (AvgIpc) is 2.99. The van der Waals surface area contributed by atoms with E-state index in [4.69, 9.17) is 4.74 Å². The van der Waals surface area contributed by atoms with E-state index in [9.17, 15) is 4.39 Å². The van der Waals surface area contributed by atoms with Gasteiger partial charge in [-0.3, -0.25) is 5.10 Å². The molecule has 5 nitrogen and oxygen atoms in total. The van der Waals surface area contributed by atoms with Crippen molar-refractivity contribution in [2.75, 3.05) is 31.2 Å². The Kier molecular flexibility index (Phi) is 3.46. The molecule has 1 saturated heterocycles. The summed E-state index contributed by atoms with van der Waals surface area (Å²) in [6.07, 6.45) is 1.79. The molecule has 6 heteroatoms. The van der Waals surface area contributed by atoms with E-state index < -0.39 is 0 Å². The van der Waals surface area contributed by atoms with Crippen LogP contribution in [0.15, 0.2) is 30.5 Å². The van der Waals surface area contributed by atoms with Gasteiger partial charge in [-0.15, -0.1) is 0 Å². The van der Waals surface area contributed by atoms with E-state index in [1.807, 2.05) is 18.2 Å². The highest BCUT2D eigenvalue weighted by molar-refractivity contribution is 5.93. The van der Waals surface area contributed by atoms with E-state index in [-0.39, 0.29) is 5.82 Å². The van der Waals surface area contributed by atoms with Gasteiger partial charge in [0, 0.05) is 30.2 Å². The number of nitrogens with zero attached hydrogens (tertiary/aromatic N) is 3. The molecular weight excluding hydrogens is 295 g/mol. The number of anilines is 1. The third-order valence-corrected chi connectivity index (χ3v) is 4.20. The molecule has 1 aromatic carbocycles. The van der Waals surface area contributed by atoms with Gasteiger partial charge >= 0.3 is 0 Å². The average molecular weight is 312 g/mol. The Labute approximate surface area is 133 Å². The standard InChI is InChI=1S/C17H17FN4O/c1-11-8-13-15(10-14(11)18)20-21-17(13)12-2-3-19-16(9-12)22-4-6-23-7-5-22/h2-3,8-10H,4-7H2,1H3,(H,20,21). The Morgan fingerprint density at radius 1 is 1.22 bits per heavy atom. The number of pyridine rings is 1. The van der Waals surface area contributed by atoms with Gasteiger partial charge in [-0.05, 0) is 36.8 Å². The van der Waals surface area contributed by atoms with Crippen LogP contribution in [0, 0.1) is 12.7 Å². The zero-order chi connectivity index (χ0) is 15.8. The molecular formula is C17H17FN4O. The van der Waals surface area contributed by atoms with Crippen LogP contribution in [0.4, 0.5) is 10.2 Å². The number of aryl methyl sites for hydroxylation is 1. The number of aromatic amines is 1. The summed E-state index contributed by atoms with van der Waals surface area (Å²) < 4.78 is 19.1. The minimum Gasteiger partial charge on any atom is -0.378 e. The zero-order valence-electron chi connectivity index (χ0n) is 12.8. The highest BCUT2D eigenvalue weighted by atomic mass is 19.1. The first-order valence-electron chi connectivity index (χ1n) is 7.66. The second kappa shape index (κ2) is 5.62. The molecule has 1 fully saturated rings. The first kappa shape index (κ1) is 14.1. The van der Waals surface area contributed by atoms with Gasteiger partial charge in [0.1, 0.15) is 17.3 Å². The van der Waals surface area contributed by atoms with Crippen LogP contribution >= 0.6 is 0 Å². The number of nitrogens with one attached hydrogen (secondary N) is 1. The Bertz CT molecular complexity index is 855. The molecule has 0 unspecified atom stereocenters. The van der Waals surface area contributed by atoms with E-state index in [1.165, 1.54) is 6.07 Å². The van der Waals surface area contributed by atoms with E-state index in [0.29, 0.717) is 11.1 Å². The summed E-state index contributed by atoms with van der Waals surface area (Å²) in [5.41, 5.74) is 3.11. The van der Waals surface area contributed by atoms with Gasteiger partial charge in [0.15, 0.2) is 0 Å². The fourth-order valence-electron chi connectivity index (χ4n) is 2.90. The van der Waals surface area contributed by atoms with Crippen LogP contribution in [-0.2, 0) is 4.74 Å². The van der Waals surface area contributed by atoms with Gasteiger partial charge in [-0.2, -0.15) is 5.10 Å². The molecule has 3 aromatic rings. The number of fused-ring (bicyclic) bond motifs is 1. The van der Waals surface area contributed by atoms with Crippen LogP contribution in [0.25, 0.3) is 22.2 Å². The molecule has 3 heterocycles. The van der Waals surface area contributed by atoms with Gasteiger partial charge in [0.2, 0.25) is 0 Å². The molecule has 4 rings (SSSR count). The lowest BCUT2D eigenvalue weighted by atomic mass is 10.1. The number of morpholine rings is 1. The predicted molar refractivity (Wildman–Crippen MR) is 87.1 cm³/mol. The van der Waals surface area contributed by atoms with Crippen LogP contribution in [0.2, 0.25) is 0 Å². The Hall–Kier alpha value is -2.47. The van der Waals surface area contributed by atoms with Gasteiger partial charge in [-0.1, -0.05) is 0 Å². The molecule has 0 atom stereocenters. The lowest BCUT2D eigenvalue weighted by molar-refractivity contribution is 0.122. The normalized spacial score (nSPS) is 15.3. The SMILES string of the molecule is Cc1cc2c(-c3ccnc(N4CCOCC4)c3)n[nH]c2cc1F. The minimum atomic E-state index is -0.226. The summed E-state index contributed by atoms with van der Waals surface area (Å²) in [6.45, 7) is 4.87. The summed E-state index contributed by atoms with van der Waals surface area (Å²) in [7, 11) is 0. The van der Waals surface area contributed by atoms with Gasteiger partial charge in [-0.25, -0.2) is 9.37 Å². The molecule has 23 heavy (non-hydrogen) atoms. The highest BCUT2D eigenvalue weighted by Gasteiger charge is 2.15. The molecule has 0 spiro atoms. The lowest BCUT2D eigenvalue weighted by Gasteiger charge is -2.27. The topological polar surface area (TPSA) is 54.0 Å². The van der Waals surface area contributed by atoms with Gasteiger partial charge < -0.3 is 9.64 Å². The number of hydrogen-bond acceptors (Lipinski definition) is 4. The van der Waals surface area contributed by atoms with Crippen molar-refractivity contribution in [2.45, 2.75) is 6.92 Å². The molecule has 118 valence electrons. The molecule has 1 N–H and O–H groups in total. The number of rotatable bonds is 2. The Morgan fingerprint density at radius 2 is 2.04 bits per heavy atom. The van der Waals surface area contributed by atoms with Gasteiger partial charge in [0.25, 0.3) is 0 Å². The van der Waals surface area contributed by atoms with Crippen LogP contribution < -0.4 is 4.90 Å². The summed E-state index contributed by atoms with van der Waals surface area (Å²) >= 11 is 0. The van der Waals surface area contributed by atoms with Crippen molar-refractivity contribution >= 4 is 16.7 Å². The minimum absolute atomic E-state index is 0.226. The van der Waals surface area contributed by atoms with Crippen LogP contribution in [0.5, 0.6) is 0 Å². The van der Waals surface area contributed by atoms with Crippen molar-refractivity contribution in [3.05, 3.63) is 41.8 Å². The van der Waals surface area contributed by atoms with Crippen molar-refractivity contribution in [3.8, 4) is 11.3 Å². The molecule has 1 aliphatic heterocycles. The molecule has 0 radical (unpaired) electrons. The number of benzene rings is 1. The maximum atomic E-state index is 13.7. The summed E-state index contributed by atoms with van der Waals surface area (Å²) in [5, 5.41) is 8.20. The Balaban J connectivity index is 1.77. The first-order valence-corrected chi connectivity index (χ1v) is 7.66. The van der Waals surface area contributed by atoms with Crippen molar-refractivity contribution in [3.63, 3.8) is 0 Å². The number of ether oxygens (including phenoxy) is 1. The summed E-state index contributed by atoms with van der Waals surface area (Å²) in [4.78, 5) is 6.66. The molecule has 1 aliphatic rings. The zero-order valence-corrected chi connectivity index (χ0v) is 12.8. The Morgan fingerprint density at radius 3 is 2.87 bits per heavy atom. The lowest BCUT2D eigenvalue weighted by Crippen LogP contribution is -2.36. The number of halogens is 1. The van der Waals surface area contributed by atoms with E-state index >= 15 is 0 Å². The van der Waals surface area contributed by atoms with Crippen molar-refractivity contribution in [2.24, 2.45) is 0 Å². The largest absolute Gasteiger partial charge is 0.378 e. The van der Waals surface area contributed by atoms with Crippen LogP contribution in [0.1, 0.15) is 5.56 Å². The predicted octanol–water partition coefficient (Wildman–Crippen LogP) is 2.91. The highest BCUT2D eigenvalue weighted by Crippen LogP contribution is 2.29. The summed E-state index contributed by atoms with van der Waals surface area (Å²) in [5.74, 6) is 0.692. The molecule has 0 amide bonds. The van der Waals surface area contributed by atoms with E-state index in [0.717, 1.165) is 48.8 Å². The monoisotopic (exact) mass is 312 g/mol. The van der Waals surface area contributed by atoms with E-state index in [1.54, 1.807) is 13.1 Å². The third kappa shape index (κ3) is 2.55. The maximum absolute atomic E-state index is 13.7. The fourth-order valence-corrected chi connectivity index (χ4v) is 2.90. The maximum Gasteiger partial charge on any atom is 0.129 e. The second-order valence-electron chi connectivity index (χ2n) is 5.72. The molecule has 2 aromatic heterocycles. The van der Waals surface area contributed by atoms with Gasteiger partial charge in [0.05, 0.1) is 18.7 Å². The van der Waals surface area contributed by atoms with Crippen molar-refractivity contribution < 1.29 is 9.13 Å². The number of H-pyrrole nitrogens is 1. The third-order valence-electron chi connectivity index (χ3n) is 4.20. The first-order chi connectivity index (χ1) is 11.2. The van der Waals surface area contributed by atoms with Crippen LogP contribution in [0.3, 0.4) is 0 Å². The quantitative estimate of drug-likeness (QED) is 0.790. The smallest absolute Gasteiger partial charge is 0.129 e. The molecule has 0 aliphatic carbocycles. The molecule has 0 bridgehead atoms. The number of hydrogen-bond donors (Lipinski definition) is 1. The van der Waals surface area contributed by atoms with E-state index in [2.05, 4.69) is 20.1 Å². The van der Waals surface area contributed by atoms with Crippen molar-refractivity contribution in [1.29, 1.82) is 0 Å². The van der Waals surface area contributed by atoms with Crippen molar-refractivity contribution in [1.82, 2.24) is 15.2 Å². The van der Waals surface area contributed by atoms with Crippen LogP contribution in [-0.4, -0.2) is 41.5 Å². The second-order valence-corrected chi connectivity index (χ2v) is 5.72.